The molecule has 2 unspecified atom stereocenters. The van der Waals surface area contributed by atoms with Crippen molar-refractivity contribution in [1.82, 2.24) is 15.2 Å². The number of carbonyl (C=O) groups is 3. The van der Waals surface area contributed by atoms with Gasteiger partial charge in [0, 0.05) is 29.5 Å². The zero-order valence-electron chi connectivity index (χ0n) is 29.6. The molecule has 2 heterocycles. The topological polar surface area (TPSA) is 140 Å². The summed E-state index contributed by atoms with van der Waals surface area (Å²) in [5.41, 5.74) is 1.58. The average Bonchev–Trinajstić information content (AvgIpc) is 3.47. The number of nitrogens with one attached hydrogen (secondary N) is 1. The van der Waals surface area contributed by atoms with Gasteiger partial charge in [0.15, 0.2) is 0 Å². The van der Waals surface area contributed by atoms with Gasteiger partial charge in [-0.15, -0.1) is 11.8 Å². The first-order valence-corrected chi connectivity index (χ1v) is 17.8. The number of aliphatic carboxylic acids is 1. The van der Waals surface area contributed by atoms with Gasteiger partial charge in [-0.2, -0.15) is 0 Å². The number of rotatable bonds is 12. The van der Waals surface area contributed by atoms with Crippen molar-refractivity contribution in [2.75, 3.05) is 19.9 Å². The van der Waals surface area contributed by atoms with Crippen molar-refractivity contribution in [3.05, 3.63) is 54.6 Å². The van der Waals surface area contributed by atoms with Gasteiger partial charge >= 0.3 is 12.1 Å². The summed E-state index contributed by atoms with van der Waals surface area (Å²) in [7, 11) is 1.60. The van der Waals surface area contributed by atoms with E-state index in [9.17, 15) is 19.5 Å². The number of hydrogen-bond acceptors (Lipinski definition) is 9. The average molecular weight is 693 g/mol. The predicted octanol–water partition coefficient (Wildman–Crippen LogP) is 6.82. The standard InChI is InChI=1S/C37H48N4O7S/c1-9-13-27(35(43)44)39-33(49-8)30-19-25(21-41(30)34(42)32(22(2)3)40-36(45)48-37(4,5)6)47-31-20-28(23-14-11-10-12-15-23)38-29-18-24(46-7)16-17-26(29)31/h10-12,14-18,20,22,25,27,30,32H,9,13,19,21H2,1-8H3,(H,40,45)(H,43,44)/t25?,27?,30-,32-/m0/s1. The molecule has 0 spiro atoms. The Morgan fingerprint density at radius 2 is 1.84 bits per heavy atom. The normalized spacial score (nSPS) is 17.9. The first-order valence-electron chi connectivity index (χ1n) is 16.6. The van der Waals surface area contributed by atoms with E-state index in [1.807, 2.05) is 81.6 Å². The fraction of sp³-hybridized carbons (Fsp3) is 0.486. The molecule has 2 N–H and O–H groups in total. The zero-order chi connectivity index (χ0) is 35.9. The van der Waals surface area contributed by atoms with Crippen molar-refractivity contribution in [2.45, 2.75) is 90.6 Å². The molecule has 2 aromatic carbocycles. The monoisotopic (exact) mass is 692 g/mol. The van der Waals surface area contributed by atoms with Crippen LogP contribution in [0.15, 0.2) is 59.6 Å². The van der Waals surface area contributed by atoms with E-state index in [1.165, 1.54) is 11.8 Å². The van der Waals surface area contributed by atoms with Crippen LogP contribution in [0.25, 0.3) is 22.2 Å². The summed E-state index contributed by atoms with van der Waals surface area (Å²) in [4.78, 5) is 50.6. The molecule has 4 rings (SSSR count). The molecular weight excluding hydrogens is 644 g/mol. The van der Waals surface area contributed by atoms with Crippen LogP contribution in [0.3, 0.4) is 0 Å². The maximum Gasteiger partial charge on any atom is 0.408 e. The number of carboxylic acid groups (broad SMARTS) is 1. The second-order valence-electron chi connectivity index (χ2n) is 13.4. The van der Waals surface area contributed by atoms with Crippen LogP contribution in [0.1, 0.15) is 60.8 Å². The number of thioether (sulfide) groups is 1. The summed E-state index contributed by atoms with van der Waals surface area (Å²) in [5.74, 6) is -0.359. The Balaban J connectivity index is 1.75. The summed E-state index contributed by atoms with van der Waals surface area (Å²) in [6.45, 7) is 11.1. The number of alkyl carbamates (subject to hydrolysis) is 1. The van der Waals surface area contributed by atoms with E-state index in [2.05, 4.69) is 10.3 Å². The first kappa shape index (κ1) is 37.5. The number of methoxy groups -OCH3 is 1. The number of amides is 2. The van der Waals surface area contributed by atoms with Crippen LogP contribution in [-0.2, 0) is 14.3 Å². The maximum atomic E-state index is 14.4. The molecule has 0 aliphatic carbocycles. The van der Waals surface area contributed by atoms with Crippen molar-refractivity contribution in [3.63, 3.8) is 0 Å². The second kappa shape index (κ2) is 16.4. The Morgan fingerprint density at radius 3 is 2.43 bits per heavy atom. The third-order valence-corrected chi connectivity index (χ3v) is 8.91. The van der Waals surface area contributed by atoms with Crippen molar-refractivity contribution in [3.8, 4) is 22.8 Å². The second-order valence-corrected chi connectivity index (χ2v) is 14.2. The fourth-order valence-corrected chi connectivity index (χ4v) is 6.50. The number of likely N-dealkylation sites (tertiary alicyclic amines) is 1. The van der Waals surface area contributed by atoms with Crippen molar-refractivity contribution in [2.24, 2.45) is 10.9 Å². The van der Waals surface area contributed by atoms with Crippen molar-refractivity contribution >= 4 is 45.7 Å². The number of nitrogens with zero attached hydrogens (tertiary/aromatic N) is 3. The SMILES string of the molecule is CCCC(N=C(SC)[C@@H]1CC(Oc2cc(-c3ccccc3)nc3cc(OC)ccc23)CN1C(=O)[C@@H](NC(=O)OC(C)(C)C)C(C)C)C(=O)O. The van der Waals surface area contributed by atoms with E-state index < -0.39 is 41.9 Å². The van der Waals surface area contributed by atoms with Crippen LogP contribution < -0.4 is 14.8 Å². The van der Waals surface area contributed by atoms with Gasteiger partial charge in [0.05, 0.1) is 36.0 Å². The van der Waals surface area contributed by atoms with E-state index in [0.717, 1.165) is 16.6 Å². The van der Waals surface area contributed by atoms with E-state index in [1.54, 1.807) is 32.8 Å². The van der Waals surface area contributed by atoms with Crippen molar-refractivity contribution in [1.29, 1.82) is 0 Å². The highest BCUT2D eigenvalue weighted by Gasteiger charge is 2.43. The molecule has 1 aliphatic heterocycles. The lowest BCUT2D eigenvalue weighted by molar-refractivity contribution is -0.138. The summed E-state index contributed by atoms with van der Waals surface area (Å²) >= 11 is 1.32. The molecule has 49 heavy (non-hydrogen) atoms. The molecule has 1 fully saturated rings. The van der Waals surface area contributed by atoms with Gasteiger partial charge < -0.3 is 29.5 Å². The van der Waals surface area contributed by atoms with E-state index in [-0.39, 0.29) is 18.4 Å². The Bertz CT molecular complexity index is 1660. The number of benzene rings is 2. The number of aliphatic imine (C=N–C) groups is 1. The summed E-state index contributed by atoms with van der Waals surface area (Å²) < 4.78 is 17.7. The highest BCUT2D eigenvalue weighted by atomic mass is 32.2. The van der Waals surface area contributed by atoms with Crippen LogP contribution in [0, 0.1) is 5.92 Å². The highest BCUT2D eigenvalue weighted by Crippen LogP contribution is 2.35. The number of aromatic nitrogens is 1. The summed E-state index contributed by atoms with van der Waals surface area (Å²) in [5, 5.41) is 14.0. The first-order chi connectivity index (χ1) is 23.2. The third-order valence-electron chi connectivity index (χ3n) is 8.12. The third kappa shape index (κ3) is 9.65. The molecule has 4 atom stereocenters. The maximum absolute atomic E-state index is 14.4. The fourth-order valence-electron chi connectivity index (χ4n) is 5.77. The van der Waals surface area contributed by atoms with Crippen LogP contribution >= 0.6 is 11.8 Å². The molecule has 0 bridgehead atoms. The minimum atomic E-state index is -1.02. The molecule has 1 aromatic heterocycles. The van der Waals surface area contributed by atoms with Crippen LogP contribution in [0.2, 0.25) is 0 Å². The van der Waals surface area contributed by atoms with Crippen LogP contribution in [0.4, 0.5) is 4.79 Å². The molecule has 1 aliphatic rings. The molecule has 0 radical (unpaired) electrons. The number of carbonyl (C=O) groups excluding carboxylic acids is 2. The Labute approximate surface area is 292 Å². The smallest absolute Gasteiger partial charge is 0.408 e. The molecule has 1 saturated heterocycles. The molecular formula is C37H48N4O7S. The largest absolute Gasteiger partial charge is 0.497 e. The molecule has 3 aromatic rings. The molecule has 0 saturated carbocycles. The van der Waals surface area contributed by atoms with E-state index in [0.29, 0.717) is 41.3 Å². The minimum absolute atomic E-state index is 0.189. The van der Waals surface area contributed by atoms with E-state index in [4.69, 9.17) is 19.2 Å². The summed E-state index contributed by atoms with van der Waals surface area (Å²) in [6, 6.07) is 14.9. The number of ether oxygens (including phenoxy) is 3. The number of hydrogen-bond donors (Lipinski definition) is 2. The van der Waals surface area contributed by atoms with Crippen molar-refractivity contribution < 1.29 is 33.7 Å². The van der Waals surface area contributed by atoms with Gasteiger partial charge in [0.2, 0.25) is 5.91 Å². The number of pyridine rings is 1. The number of carboxylic acids is 1. The van der Waals surface area contributed by atoms with Gasteiger partial charge in [-0.25, -0.2) is 14.6 Å². The van der Waals surface area contributed by atoms with E-state index >= 15 is 0 Å². The highest BCUT2D eigenvalue weighted by molar-refractivity contribution is 8.13. The predicted molar refractivity (Wildman–Crippen MR) is 194 cm³/mol. The van der Waals surface area contributed by atoms with Gasteiger partial charge in [-0.3, -0.25) is 9.79 Å². The Kier molecular flexibility index (Phi) is 12.5. The lowest BCUT2D eigenvalue weighted by Gasteiger charge is -2.32. The van der Waals surface area contributed by atoms with Crippen LogP contribution in [0.5, 0.6) is 11.5 Å². The Morgan fingerprint density at radius 1 is 1.12 bits per heavy atom. The van der Waals surface area contributed by atoms with Gasteiger partial charge in [-0.1, -0.05) is 57.5 Å². The lowest BCUT2D eigenvalue weighted by atomic mass is 10.0. The van der Waals surface area contributed by atoms with Gasteiger partial charge in [0.1, 0.15) is 35.3 Å². The number of fused-ring (bicyclic) bond motifs is 1. The van der Waals surface area contributed by atoms with Gasteiger partial charge in [0.25, 0.3) is 0 Å². The molecule has 264 valence electrons. The molecule has 2 amide bonds. The molecule has 12 heteroatoms. The van der Waals surface area contributed by atoms with Gasteiger partial charge in [-0.05, 0) is 51.5 Å². The quantitative estimate of drug-likeness (QED) is 0.155. The Hall–Kier alpha value is -4.32. The zero-order valence-corrected chi connectivity index (χ0v) is 30.4. The minimum Gasteiger partial charge on any atom is -0.497 e. The van der Waals surface area contributed by atoms with Crippen LogP contribution in [-0.4, -0.2) is 87.7 Å². The lowest BCUT2D eigenvalue weighted by Crippen LogP contribution is -2.54. The summed E-state index contributed by atoms with van der Waals surface area (Å²) in [6.07, 6.45) is 2.02. The molecule has 11 nitrogen and oxygen atoms in total.